The molecule has 4 saturated carbocycles. The number of esters is 1. The van der Waals surface area contributed by atoms with Gasteiger partial charge >= 0.3 is 5.97 Å². The van der Waals surface area contributed by atoms with Gasteiger partial charge in [-0.25, -0.2) is 0 Å². The highest BCUT2D eigenvalue weighted by molar-refractivity contribution is 5.73. The molecular formula is C21H34O2. The van der Waals surface area contributed by atoms with Gasteiger partial charge in [0.05, 0.1) is 13.0 Å². The van der Waals surface area contributed by atoms with E-state index in [4.69, 9.17) is 4.74 Å². The SMILES string of the molecule is COC(=O)[C@H]1C[C@H]2[C@@H]3CCC[C@@]3(C)CC[C@@H]2[C@@]2(C)CCCCC12. The third-order valence-electron chi connectivity index (χ3n) is 8.91. The molecule has 0 spiro atoms. The smallest absolute Gasteiger partial charge is 0.308 e. The Morgan fingerprint density at radius 2 is 1.70 bits per heavy atom. The fourth-order valence-electron chi connectivity index (χ4n) is 7.80. The van der Waals surface area contributed by atoms with Crippen molar-refractivity contribution < 1.29 is 9.53 Å². The molecule has 4 aliphatic rings. The van der Waals surface area contributed by atoms with E-state index >= 15 is 0 Å². The summed E-state index contributed by atoms with van der Waals surface area (Å²) < 4.78 is 5.26. The van der Waals surface area contributed by atoms with Gasteiger partial charge in [-0.3, -0.25) is 4.79 Å². The van der Waals surface area contributed by atoms with Crippen LogP contribution >= 0.6 is 0 Å². The van der Waals surface area contributed by atoms with E-state index in [-0.39, 0.29) is 11.9 Å². The largest absolute Gasteiger partial charge is 0.469 e. The van der Waals surface area contributed by atoms with Gasteiger partial charge in [0.2, 0.25) is 0 Å². The van der Waals surface area contributed by atoms with Gasteiger partial charge in [0.15, 0.2) is 0 Å². The molecule has 4 aliphatic carbocycles. The fourth-order valence-corrected chi connectivity index (χ4v) is 7.80. The maximum atomic E-state index is 12.6. The molecule has 0 saturated heterocycles. The Morgan fingerprint density at radius 3 is 2.48 bits per heavy atom. The summed E-state index contributed by atoms with van der Waals surface area (Å²) >= 11 is 0. The summed E-state index contributed by atoms with van der Waals surface area (Å²) in [6, 6.07) is 0. The van der Waals surface area contributed by atoms with Gasteiger partial charge in [-0.1, -0.05) is 33.1 Å². The van der Waals surface area contributed by atoms with Crippen LogP contribution < -0.4 is 0 Å². The van der Waals surface area contributed by atoms with E-state index in [0.29, 0.717) is 16.7 Å². The van der Waals surface area contributed by atoms with Gasteiger partial charge in [0, 0.05) is 0 Å². The quantitative estimate of drug-likeness (QED) is 0.620. The number of fused-ring (bicyclic) bond motifs is 5. The number of carbonyl (C=O) groups is 1. The minimum atomic E-state index is 0.0897. The Labute approximate surface area is 141 Å². The minimum absolute atomic E-state index is 0.0897. The average Bonchev–Trinajstić information content (AvgIpc) is 2.94. The van der Waals surface area contributed by atoms with Crippen molar-refractivity contribution in [2.45, 2.75) is 78.1 Å². The number of ether oxygens (including phenoxy) is 1. The molecule has 0 aliphatic heterocycles. The number of hydrogen-bond acceptors (Lipinski definition) is 2. The lowest BCUT2D eigenvalue weighted by Gasteiger charge is -2.61. The van der Waals surface area contributed by atoms with Gasteiger partial charge < -0.3 is 4.74 Å². The van der Waals surface area contributed by atoms with Crippen LogP contribution in [-0.4, -0.2) is 13.1 Å². The summed E-state index contributed by atoms with van der Waals surface area (Å²) in [5.41, 5.74) is 0.962. The van der Waals surface area contributed by atoms with E-state index in [1.165, 1.54) is 57.8 Å². The zero-order valence-corrected chi connectivity index (χ0v) is 15.3. The molecule has 4 rings (SSSR count). The summed E-state index contributed by atoms with van der Waals surface area (Å²) in [6.45, 7) is 5.09. The van der Waals surface area contributed by atoms with Gasteiger partial charge in [-0.05, 0) is 79.4 Å². The van der Waals surface area contributed by atoms with E-state index < -0.39 is 0 Å². The molecule has 7 atom stereocenters. The van der Waals surface area contributed by atoms with E-state index in [1.807, 2.05) is 0 Å². The van der Waals surface area contributed by atoms with Crippen LogP contribution in [-0.2, 0) is 9.53 Å². The maximum absolute atomic E-state index is 12.6. The van der Waals surface area contributed by atoms with E-state index in [0.717, 1.165) is 24.2 Å². The molecule has 2 nitrogen and oxygen atoms in total. The average molecular weight is 319 g/mol. The molecule has 0 N–H and O–H groups in total. The first kappa shape index (κ1) is 16.0. The highest BCUT2D eigenvalue weighted by Crippen LogP contribution is 2.67. The van der Waals surface area contributed by atoms with Crippen LogP contribution in [0.4, 0.5) is 0 Å². The number of hydrogen-bond donors (Lipinski definition) is 0. The van der Waals surface area contributed by atoms with Gasteiger partial charge in [-0.15, -0.1) is 0 Å². The van der Waals surface area contributed by atoms with Gasteiger partial charge in [0.1, 0.15) is 0 Å². The van der Waals surface area contributed by atoms with Crippen LogP contribution in [0.5, 0.6) is 0 Å². The summed E-state index contributed by atoms with van der Waals surface area (Å²) in [5, 5.41) is 0. The predicted molar refractivity (Wildman–Crippen MR) is 91.9 cm³/mol. The highest BCUT2D eigenvalue weighted by Gasteiger charge is 2.60. The molecule has 23 heavy (non-hydrogen) atoms. The third-order valence-corrected chi connectivity index (χ3v) is 8.91. The van der Waals surface area contributed by atoms with Crippen LogP contribution in [0.25, 0.3) is 0 Å². The van der Waals surface area contributed by atoms with Crippen molar-refractivity contribution in [3.8, 4) is 0 Å². The molecule has 130 valence electrons. The van der Waals surface area contributed by atoms with E-state index in [9.17, 15) is 4.79 Å². The molecule has 0 radical (unpaired) electrons. The number of carbonyl (C=O) groups excluding carboxylic acids is 1. The normalized spacial score (nSPS) is 52.2. The summed E-state index contributed by atoms with van der Waals surface area (Å²) in [6.07, 6.45) is 13.5. The lowest BCUT2D eigenvalue weighted by molar-refractivity contribution is -0.170. The van der Waals surface area contributed by atoms with Crippen molar-refractivity contribution in [3.05, 3.63) is 0 Å². The standard InChI is InChI=1S/C21H34O2/c1-20-10-6-8-16(20)14-13-15(19(22)23-3)17-7-4-5-11-21(17,2)18(14)9-12-20/h14-18H,4-13H2,1-3H3/t14-,15-,16-,17?,18-,20-,21-/m0/s1. The Kier molecular flexibility index (Phi) is 3.81. The molecule has 0 amide bonds. The second kappa shape index (κ2) is 5.49. The number of rotatable bonds is 1. The van der Waals surface area contributed by atoms with Crippen molar-refractivity contribution in [3.63, 3.8) is 0 Å². The van der Waals surface area contributed by atoms with Crippen LogP contribution in [0.3, 0.4) is 0 Å². The number of methoxy groups -OCH3 is 1. The molecule has 1 unspecified atom stereocenters. The van der Waals surface area contributed by atoms with E-state index in [1.54, 1.807) is 7.11 Å². The molecule has 2 heteroatoms. The lowest BCUT2D eigenvalue weighted by Crippen LogP contribution is -2.56. The van der Waals surface area contributed by atoms with Crippen LogP contribution in [0.15, 0.2) is 0 Å². The van der Waals surface area contributed by atoms with Crippen molar-refractivity contribution in [2.24, 2.45) is 40.4 Å². The van der Waals surface area contributed by atoms with Crippen LogP contribution in [0, 0.1) is 40.4 Å². The molecule has 0 aromatic rings. The zero-order valence-electron chi connectivity index (χ0n) is 15.3. The van der Waals surface area contributed by atoms with Crippen molar-refractivity contribution in [1.29, 1.82) is 0 Å². The third kappa shape index (κ3) is 2.23. The second-order valence-corrected chi connectivity index (χ2v) is 9.69. The topological polar surface area (TPSA) is 26.3 Å². The van der Waals surface area contributed by atoms with Gasteiger partial charge in [0.25, 0.3) is 0 Å². The summed E-state index contributed by atoms with van der Waals surface area (Å²) in [7, 11) is 1.59. The Hall–Kier alpha value is -0.530. The summed E-state index contributed by atoms with van der Waals surface area (Å²) in [5.74, 6) is 3.36. The first-order valence-corrected chi connectivity index (χ1v) is 10.1. The Bertz CT molecular complexity index is 486. The second-order valence-electron chi connectivity index (χ2n) is 9.69. The maximum Gasteiger partial charge on any atom is 0.308 e. The molecular weight excluding hydrogens is 284 g/mol. The molecule has 0 aromatic carbocycles. The fraction of sp³-hybridized carbons (Fsp3) is 0.952. The Morgan fingerprint density at radius 1 is 0.913 bits per heavy atom. The zero-order chi connectivity index (χ0) is 16.2. The van der Waals surface area contributed by atoms with E-state index in [2.05, 4.69) is 13.8 Å². The van der Waals surface area contributed by atoms with Crippen molar-refractivity contribution >= 4 is 5.97 Å². The minimum Gasteiger partial charge on any atom is -0.469 e. The predicted octanol–water partition coefficient (Wildman–Crippen LogP) is 5.21. The molecule has 0 bridgehead atoms. The first-order chi connectivity index (χ1) is 11.0. The molecule has 0 heterocycles. The van der Waals surface area contributed by atoms with Crippen molar-refractivity contribution in [2.75, 3.05) is 7.11 Å². The molecule has 4 fully saturated rings. The lowest BCUT2D eigenvalue weighted by atomic mass is 9.43. The van der Waals surface area contributed by atoms with Crippen LogP contribution in [0.2, 0.25) is 0 Å². The summed E-state index contributed by atoms with van der Waals surface area (Å²) in [4.78, 5) is 12.6. The monoisotopic (exact) mass is 318 g/mol. The van der Waals surface area contributed by atoms with Crippen LogP contribution in [0.1, 0.15) is 78.1 Å². The highest BCUT2D eigenvalue weighted by atomic mass is 16.5. The van der Waals surface area contributed by atoms with Crippen molar-refractivity contribution in [1.82, 2.24) is 0 Å². The van der Waals surface area contributed by atoms with Gasteiger partial charge in [-0.2, -0.15) is 0 Å². The Balaban J connectivity index is 1.71. The first-order valence-electron chi connectivity index (χ1n) is 10.1. The molecule has 0 aromatic heterocycles.